The number of benzene rings is 1. The summed E-state index contributed by atoms with van der Waals surface area (Å²) in [7, 11) is -3.34. The highest BCUT2D eigenvalue weighted by atomic mass is 32.2. The van der Waals surface area contributed by atoms with Crippen molar-refractivity contribution >= 4 is 15.7 Å². The van der Waals surface area contributed by atoms with Gasteiger partial charge in [0.1, 0.15) is 10.7 Å². The first-order valence-corrected chi connectivity index (χ1v) is 14.9. The van der Waals surface area contributed by atoms with Crippen LogP contribution in [0, 0.1) is 0 Å². The normalized spacial score (nSPS) is 20.1. The fraction of sp³-hybridized carbons (Fsp3) is 0.500. The number of sulfone groups is 1. The van der Waals surface area contributed by atoms with E-state index in [4.69, 9.17) is 5.10 Å². The van der Waals surface area contributed by atoms with E-state index in [0.717, 1.165) is 0 Å². The van der Waals surface area contributed by atoms with Crippen LogP contribution in [0.3, 0.4) is 0 Å². The number of hydrogen-bond acceptors (Lipinski definition) is 6. The topological polar surface area (TPSA) is 98.0 Å². The summed E-state index contributed by atoms with van der Waals surface area (Å²) in [4.78, 5) is 23.8. The van der Waals surface area contributed by atoms with Gasteiger partial charge < -0.3 is 4.90 Å². The first kappa shape index (κ1) is 25.6. The molecule has 5 rings (SSSR count). The molecule has 2 aliphatic rings. The highest BCUT2D eigenvalue weighted by molar-refractivity contribution is 7.91. The van der Waals surface area contributed by atoms with Gasteiger partial charge in [0, 0.05) is 67.8 Å². The van der Waals surface area contributed by atoms with Gasteiger partial charge in [-0.3, -0.25) is 9.48 Å². The molecule has 1 saturated heterocycles. The van der Waals surface area contributed by atoms with Crippen molar-refractivity contribution in [2.75, 3.05) is 18.8 Å². The summed E-state index contributed by atoms with van der Waals surface area (Å²) < 4.78 is 26.2. The van der Waals surface area contributed by atoms with Gasteiger partial charge in [-0.15, -0.1) is 0 Å². The van der Waals surface area contributed by atoms with Gasteiger partial charge in [-0.25, -0.2) is 18.4 Å². The lowest BCUT2D eigenvalue weighted by Crippen LogP contribution is -2.29. The van der Waals surface area contributed by atoms with Gasteiger partial charge in [-0.1, -0.05) is 37.3 Å². The minimum atomic E-state index is -3.34. The molecule has 0 radical (unpaired) electrons. The van der Waals surface area contributed by atoms with Crippen molar-refractivity contribution in [1.82, 2.24) is 24.6 Å². The largest absolute Gasteiger partial charge is 0.341 e. The number of likely N-dealkylation sites (tertiary alicyclic amines) is 1. The number of aryl methyl sites for hydroxylation is 1. The van der Waals surface area contributed by atoms with E-state index < -0.39 is 9.84 Å². The number of carbonyl (C=O) groups excluding carboxylic acids is 1. The lowest BCUT2D eigenvalue weighted by molar-refractivity contribution is -0.130. The summed E-state index contributed by atoms with van der Waals surface area (Å²) in [5.74, 6) is 1.49. The number of amides is 1. The van der Waals surface area contributed by atoms with Crippen molar-refractivity contribution in [1.29, 1.82) is 0 Å². The number of carbonyl (C=O) groups is 1. The molecule has 2 aromatic heterocycles. The second-order valence-electron chi connectivity index (χ2n) is 10.5. The molecule has 1 aliphatic carbocycles. The molecule has 1 amide bonds. The molecule has 1 aliphatic heterocycles. The Morgan fingerprint density at radius 3 is 2.35 bits per heavy atom. The number of rotatable bonds is 9. The monoisotopic (exact) mass is 521 g/mol. The number of hydrogen-bond donors (Lipinski definition) is 0. The predicted molar refractivity (Wildman–Crippen MR) is 141 cm³/mol. The second kappa shape index (κ2) is 10.4. The third kappa shape index (κ3) is 5.46. The van der Waals surface area contributed by atoms with Crippen LogP contribution in [0.4, 0.5) is 0 Å². The zero-order valence-corrected chi connectivity index (χ0v) is 22.6. The van der Waals surface area contributed by atoms with Crippen molar-refractivity contribution < 1.29 is 13.2 Å². The van der Waals surface area contributed by atoms with E-state index in [1.165, 1.54) is 42.2 Å². The Hall–Kier alpha value is -3.07. The molecule has 2 atom stereocenters. The maximum Gasteiger partial charge on any atom is 0.223 e. The smallest absolute Gasteiger partial charge is 0.223 e. The molecule has 2 unspecified atom stereocenters. The highest BCUT2D eigenvalue weighted by Crippen LogP contribution is 2.44. The maximum atomic E-state index is 13.3. The summed E-state index contributed by atoms with van der Waals surface area (Å²) in [6, 6.07) is 13.0. The lowest BCUT2D eigenvalue weighted by atomic mass is 9.86. The highest BCUT2D eigenvalue weighted by Gasteiger charge is 2.40. The van der Waals surface area contributed by atoms with E-state index in [1.54, 1.807) is 6.92 Å². The molecule has 0 spiro atoms. The van der Waals surface area contributed by atoms with Gasteiger partial charge in [-0.05, 0) is 38.3 Å². The van der Waals surface area contributed by atoms with Gasteiger partial charge in [0.25, 0.3) is 0 Å². The van der Waals surface area contributed by atoms with Gasteiger partial charge in [-0.2, -0.15) is 5.10 Å². The Balaban J connectivity index is 1.34. The molecule has 196 valence electrons. The van der Waals surface area contributed by atoms with Crippen molar-refractivity contribution in [2.24, 2.45) is 0 Å². The van der Waals surface area contributed by atoms with Crippen LogP contribution in [0.2, 0.25) is 0 Å². The van der Waals surface area contributed by atoms with Gasteiger partial charge in [0.15, 0.2) is 9.84 Å². The summed E-state index contributed by atoms with van der Waals surface area (Å²) in [6.45, 7) is 7.23. The Bertz CT molecular complexity index is 1350. The number of aromatic nitrogens is 4. The van der Waals surface area contributed by atoms with Crippen LogP contribution >= 0.6 is 0 Å². The maximum absolute atomic E-state index is 13.3. The molecule has 0 bridgehead atoms. The molecule has 0 N–H and O–H groups in total. The third-order valence-corrected chi connectivity index (χ3v) is 9.22. The fourth-order valence-corrected chi connectivity index (χ4v) is 5.98. The van der Waals surface area contributed by atoms with Crippen LogP contribution in [-0.4, -0.2) is 57.8 Å². The first-order chi connectivity index (χ1) is 17.8. The van der Waals surface area contributed by atoms with Crippen molar-refractivity contribution in [3.05, 3.63) is 71.6 Å². The summed E-state index contributed by atoms with van der Waals surface area (Å²) in [6.07, 6.45) is 5.75. The van der Waals surface area contributed by atoms with E-state index in [9.17, 15) is 13.2 Å². The Kier molecular flexibility index (Phi) is 7.16. The van der Waals surface area contributed by atoms with Crippen LogP contribution in [0.25, 0.3) is 0 Å². The quantitative estimate of drug-likeness (QED) is 0.417. The average molecular weight is 522 g/mol. The van der Waals surface area contributed by atoms with Crippen LogP contribution < -0.4 is 0 Å². The van der Waals surface area contributed by atoms with E-state index in [0.29, 0.717) is 31.3 Å². The lowest BCUT2D eigenvalue weighted by Gasteiger charge is -2.21. The third-order valence-electron chi connectivity index (χ3n) is 7.53. The van der Waals surface area contributed by atoms with Crippen LogP contribution in [0.5, 0.6) is 0 Å². The minimum absolute atomic E-state index is 0.00472. The summed E-state index contributed by atoms with van der Waals surface area (Å²) in [5, 5.41) is 4.97. The van der Waals surface area contributed by atoms with Crippen LogP contribution in [0.15, 0.2) is 53.7 Å². The van der Waals surface area contributed by atoms with E-state index in [-0.39, 0.29) is 40.9 Å². The first-order valence-electron chi connectivity index (χ1n) is 13.2. The standard InChI is InChI=1S/C28H35N5O3S/c1-4-37(35,36)22-15-29-27(30-16-22)12-13-28(34)32-17-23(20-8-6-5-7-9-20)24(18-32)26-14-25(21-10-11-21)31-33(26)19(2)3/h5-9,14-16,19,21,23-24H,4,10-13,17-18H2,1-3H3. The van der Waals surface area contributed by atoms with Crippen LogP contribution in [-0.2, 0) is 21.1 Å². The zero-order chi connectivity index (χ0) is 26.2. The molecule has 1 saturated carbocycles. The van der Waals surface area contributed by atoms with E-state index >= 15 is 0 Å². The molecule has 8 nitrogen and oxygen atoms in total. The molecule has 9 heteroatoms. The Labute approximate surface area is 219 Å². The average Bonchev–Trinajstić information content (AvgIpc) is 3.50. The van der Waals surface area contributed by atoms with Gasteiger partial charge in [0.05, 0.1) is 11.4 Å². The molecule has 3 heterocycles. The van der Waals surface area contributed by atoms with Crippen LogP contribution in [0.1, 0.15) is 86.6 Å². The Morgan fingerprint density at radius 1 is 1.05 bits per heavy atom. The summed E-state index contributed by atoms with van der Waals surface area (Å²) >= 11 is 0. The van der Waals surface area contributed by atoms with Crippen molar-refractivity contribution in [3.8, 4) is 0 Å². The molecule has 37 heavy (non-hydrogen) atoms. The Morgan fingerprint density at radius 2 is 1.73 bits per heavy atom. The predicted octanol–water partition coefficient (Wildman–Crippen LogP) is 4.27. The summed E-state index contributed by atoms with van der Waals surface area (Å²) in [5.41, 5.74) is 3.64. The molecular formula is C28H35N5O3S. The van der Waals surface area contributed by atoms with Crippen molar-refractivity contribution in [2.45, 2.75) is 75.1 Å². The second-order valence-corrected chi connectivity index (χ2v) is 12.7. The SMILES string of the molecule is CCS(=O)(=O)c1cnc(CCC(=O)N2CC(c3ccccc3)C(c3cc(C4CC4)nn3C(C)C)C2)nc1. The van der Waals surface area contributed by atoms with E-state index in [2.05, 4.69) is 58.8 Å². The molecular weight excluding hydrogens is 486 g/mol. The number of nitrogens with zero attached hydrogens (tertiary/aromatic N) is 5. The zero-order valence-electron chi connectivity index (χ0n) is 21.7. The molecule has 3 aromatic rings. The van der Waals surface area contributed by atoms with Crippen molar-refractivity contribution in [3.63, 3.8) is 0 Å². The molecule has 2 fully saturated rings. The van der Waals surface area contributed by atoms with E-state index in [1.807, 2.05) is 11.0 Å². The minimum Gasteiger partial charge on any atom is -0.341 e. The van der Waals surface area contributed by atoms with Gasteiger partial charge in [0.2, 0.25) is 5.91 Å². The van der Waals surface area contributed by atoms with Gasteiger partial charge >= 0.3 is 0 Å². The fourth-order valence-electron chi connectivity index (χ4n) is 5.22. The molecule has 1 aromatic carbocycles.